The number of nitrogens with one attached hydrogen (secondary N) is 1. The molecule has 0 aliphatic heterocycles. The monoisotopic (exact) mass is 277 g/mol. The van der Waals surface area contributed by atoms with Gasteiger partial charge < -0.3 is 5.32 Å². The van der Waals surface area contributed by atoms with E-state index >= 15 is 0 Å². The Morgan fingerprint density at radius 1 is 1.25 bits per heavy atom. The molecule has 1 heterocycles. The first-order chi connectivity index (χ1) is 9.29. The average molecular weight is 277 g/mol. The molecule has 3 heteroatoms. The molecule has 0 bridgehead atoms. The van der Waals surface area contributed by atoms with E-state index in [0.717, 1.165) is 25.3 Å². The summed E-state index contributed by atoms with van der Waals surface area (Å²) >= 11 is 0. The number of rotatable bonds is 6. The van der Waals surface area contributed by atoms with Crippen LogP contribution in [0, 0.1) is 16.7 Å². The maximum atomic E-state index is 4.68. The zero-order valence-corrected chi connectivity index (χ0v) is 14.2. The minimum atomic E-state index is 0.422. The van der Waals surface area contributed by atoms with Gasteiger partial charge in [-0.3, -0.25) is 4.68 Å². The van der Waals surface area contributed by atoms with Gasteiger partial charge in [0, 0.05) is 24.7 Å². The summed E-state index contributed by atoms with van der Waals surface area (Å²) in [4.78, 5) is 0. The Labute approximate surface area is 124 Å². The van der Waals surface area contributed by atoms with Gasteiger partial charge >= 0.3 is 0 Å². The molecular weight excluding hydrogens is 246 g/mol. The molecule has 2 rings (SSSR count). The Morgan fingerprint density at radius 2 is 1.85 bits per heavy atom. The fourth-order valence-corrected chi connectivity index (χ4v) is 3.99. The van der Waals surface area contributed by atoms with Crippen molar-refractivity contribution in [1.82, 2.24) is 15.1 Å². The number of nitrogens with zero attached hydrogens (tertiary/aromatic N) is 2. The van der Waals surface area contributed by atoms with Crippen LogP contribution in [0.2, 0.25) is 0 Å². The van der Waals surface area contributed by atoms with Crippen LogP contribution in [0.1, 0.15) is 52.9 Å². The summed E-state index contributed by atoms with van der Waals surface area (Å²) in [6.45, 7) is 14.9. The molecule has 0 saturated heterocycles. The van der Waals surface area contributed by atoms with Crippen molar-refractivity contribution in [2.75, 3.05) is 7.05 Å². The molecule has 1 fully saturated rings. The second-order valence-corrected chi connectivity index (χ2v) is 7.32. The normalized spacial score (nSPS) is 21.9. The summed E-state index contributed by atoms with van der Waals surface area (Å²) in [7, 11) is 2.10. The lowest BCUT2D eigenvalue weighted by Crippen LogP contribution is -2.33. The minimum Gasteiger partial charge on any atom is -0.316 e. The van der Waals surface area contributed by atoms with E-state index in [4.69, 9.17) is 0 Å². The molecule has 1 aliphatic carbocycles. The second kappa shape index (κ2) is 5.18. The van der Waals surface area contributed by atoms with Crippen LogP contribution in [0.4, 0.5) is 0 Å². The summed E-state index contributed by atoms with van der Waals surface area (Å²) in [6.07, 6.45) is 2.10. The molecule has 0 spiro atoms. The molecule has 0 amide bonds. The van der Waals surface area contributed by atoms with Crippen molar-refractivity contribution in [3.63, 3.8) is 0 Å². The predicted octanol–water partition coefficient (Wildman–Crippen LogP) is 3.28. The molecule has 114 valence electrons. The van der Waals surface area contributed by atoms with Crippen molar-refractivity contribution < 1.29 is 0 Å². The molecule has 0 radical (unpaired) electrons. The summed E-state index contributed by atoms with van der Waals surface area (Å²) in [5.41, 5.74) is 3.43. The maximum Gasteiger partial charge on any atom is 0.0624 e. The molecule has 0 aromatic carbocycles. The first kappa shape index (κ1) is 15.6. The highest BCUT2D eigenvalue weighted by Crippen LogP contribution is 2.69. The minimum absolute atomic E-state index is 0.422. The fourth-order valence-electron chi connectivity index (χ4n) is 3.99. The van der Waals surface area contributed by atoms with Gasteiger partial charge in [0.05, 0.1) is 5.69 Å². The van der Waals surface area contributed by atoms with E-state index in [1.165, 1.54) is 11.4 Å². The molecule has 3 nitrogen and oxygen atoms in total. The van der Waals surface area contributed by atoms with E-state index in [-0.39, 0.29) is 0 Å². The van der Waals surface area contributed by atoms with E-state index < -0.39 is 0 Å². The Balaban J connectivity index is 2.18. The van der Waals surface area contributed by atoms with E-state index in [0.29, 0.717) is 16.9 Å². The van der Waals surface area contributed by atoms with Crippen molar-refractivity contribution in [2.45, 2.75) is 67.0 Å². The van der Waals surface area contributed by atoms with Gasteiger partial charge in [0.1, 0.15) is 0 Å². The molecule has 20 heavy (non-hydrogen) atoms. The lowest BCUT2D eigenvalue weighted by molar-refractivity contribution is 0.410. The fraction of sp³-hybridized carbons (Fsp3) is 0.824. The lowest BCUT2D eigenvalue weighted by Gasteiger charge is -2.19. The van der Waals surface area contributed by atoms with Gasteiger partial charge in [0.25, 0.3) is 0 Å². The van der Waals surface area contributed by atoms with Gasteiger partial charge in [-0.15, -0.1) is 0 Å². The highest BCUT2D eigenvalue weighted by Gasteiger charge is 2.66. The number of likely N-dealkylation sites (N-methyl/N-ethyl adjacent to an activating group) is 1. The van der Waals surface area contributed by atoms with Crippen LogP contribution in [0.5, 0.6) is 0 Å². The largest absolute Gasteiger partial charge is 0.316 e. The van der Waals surface area contributed by atoms with Crippen LogP contribution in [0.15, 0.2) is 6.07 Å². The predicted molar refractivity (Wildman–Crippen MR) is 84.9 cm³/mol. The smallest absolute Gasteiger partial charge is 0.0624 e. The molecule has 1 atom stereocenters. The third kappa shape index (κ3) is 2.30. The first-order valence-corrected chi connectivity index (χ1v) is 8.02. The zero-order valence-electron chi connectivity index (χ0n) is 14.2. The Hall–Kier alpha value is -0.830. The molecule has 1 aromatic heterocycles. The van der Waals surface area contributed by atoms with Gasteiger partial charge in [0.2, 0.25) is 0 Å². The third-order valence-corrected chi connectivity index (χ3v) is 5.91. The molecule has 1 aliphatic rings. The zero-order chi connectivity index (χ0) is 15.1. The van der Waals surface area contributed by atoms with E-state index in [1.807, 2.05) is 0 Å². The number of aromatic nitrogens is 2. The van der Waals surface area contributed by atoms with Crippen LogP contribution >= 0.6 is 0 Å². The van der Waals surface area contributed by atoms with Crippen molar-refractivity contribution in [3.8, 4) is 0 Å². The summed E-state index contributed by atoms with van der Waals surface area (Å²) < 4.78 is 2.17. The van der Waals surface area contributed by atoms with Crippen molar-refractivity contribution in [3.05, 3.63) is 17.5 Å². The van der Waals surface area contributed by atoms with Gasteiger partial charge in [0.15, 0.2) is 0 Å². The standard InChI is InChI=1S/C17H31N3/c1-8-12-10-13(20(9-2)19-12)11-14(18-7)15-16(3,4)17(15,5)6/h10,14-15,18H,8-9,11H2,1-7H3. The topological polar surface area (TPSA) is 29.9 Å². The summed E-state index contributed by atoms with van der Waals surface area (Å²) in [5, 5.41) is 8.24. The van der Waals surface area contributed by atoms with E-state index in [1.54, 1.807) is 0 Å². The van der Waals surface area contributed by atoms with Crippen LogP contribution < -0.4 is 5.32 Å². The lowest BCUT2D eigenvalue weighted by atomic mass is 9.99. The Bertz CT molecular complexity index is 457. The van der Waals surface area contributed by atoms with Gasteiger partial charge in [-0.25, -0.2) is 0 Å². The van der Waals surface area contributed by atoms with Crippen molar-refractivity contribution in [2.24, 2.45) is 16.7 Å². The van der Waals surface area contributed by atoms with Gasteiger partial charge in [-0.2, -0.15) is 5.10 Å². The molecule has 1 unspecified atom stereocenters. The highest BCUT2D eigenvalue weighted by atomic mass is 15.3. The molecule has 1 saturated carbocycles. The van der Waals surface area contributed by atoms with Gasteiger partial charge in [-0.1, -0.05) is 34.6 Å². The quantitative estimate of drug-likeness (QED) is 0.865. The van der Waals surface area contributed by atoms with E-state index in [9.17, 15) is 0 Å². The van der Waals surface area contributed by atoms with Crippen molar-refractivity contribution >= 4 is 0 Å². The van der Waals surface area contributed by atoms with Crippen molar-refractivity contribution in [1.29, 1.82) is 0 Å². The number of hydrogen-bond acceptors (Lipinski definition) is 2. The number of aryl methyl sites for hydroxylation is 2. The molecule has 1 N–H and O–H groups in total. The maximum absolute atomic E-state index is 4.68. The molecule has 1 aromatic rings. The summed E-state index contributed by atoms with van der Waals surface area (Å²) in [6, 6.07) is 2.82. The second-order valence-electron chi connectivity index (χ2n) is 7.32. The Morgan fingerprint density at radius 3 is 2.25 bits per heavy atom. The first-order valence-electron chi connectivity index (χ1n) is 8.02. The third-order valence-electron chi connectivity index (χ3n) is 5.91. The van der Waals surface area contributed by atoms with Crippen LogP contribution in [0.25, 0.3) is 0 Å². The SMILES string of the molecule is CCc1cc(CC(NC)C2C(C)(C)C2(C)C)n(CC)n1. The molecular formula is C17H31N3. The van der Waals surface area contributed by atoms with Crippen LogP contribution in [0.3, 0.4) is 0 Å². The van der Waals surface area contributed by atoms with E-state index in [2.05, 4.69) is 69.8 Å². The average Bonchev–Trinajstić information content (AvgIpc) is 2.72. The Kier molecular flexibility index (Phi) is 4.03. The number of hydrogen-bond donors (Lipinski definition) is 1. The van der Waals surface area contributed by atoms with Crippen LogP contribution in [-0.2, 0) is 19.4 Å². The highest BCUT2D eigenvalue weighted by molar-refractivity contribution is 5.20. The summed E-state index contributed by atoms with van der Waals surface area (Å²) in [5.74, 6) is 0.727. The van der Waals surface area contributed by atoms with Gasteiger partial charge in [-0.05, 0) is 43.2 Å². The van der Waals surface area contributed by atoms with Crippen LogP contribution in [-0.4, -0.2) is 22.9 Å².